The van der Waals surface area contributed by atoms with Crippen molar-refractivity contribution in [3.05, 3.63) is 29.6 Å². The normalized spacial score (nSPS) is 14.3. The second kappa shape index (κ2) is 5.10. The van der Waals surface area contributed by atoms with E-state index in [4.69, 9.17) is 9.41 Å². The van der Waals surface area contributed by atoms with E-state index in [-0.39, 0.29) is 11.5 Å². The van der Waals surface area contributed by atoms with Gasteiger partial charge in [0.15, 0.2) is 9.04 Å². The van der Waals surface area contributed by atoms with E-state index in [1.54, 1.807) is 0 Å². The van der Waals surface area contributed by atoms with Crippen molar-refractivity contribution in [2.24, 2.45) is 5.41 Å². The minimum absolute atomic E-state index is 0.0333. The maximum Gasteiger partial charge on any atom is 0.172 e. The lowest BCUT2D eigenvalue weighted by Crippen LogP contribution is -2.26. The molecule has 1 N–H and O–H groups in total. The molecule has 2 rings (SSSR count). The highest BCUT2D eigenvalue weighted by atomic mass is 28.3. The van der Waals surface area contributed by atoms with Gasteiger partial charge in [0.25, 0.3) is 0 Å². The summed E-state index contributed by atoms with van der Waals surface area (Å²) in [4.78, 5) is 8.20. The lowest BCUT2D eigenvalue weighted by Gasteiger charge is -2.30. The van der Waals surface area contributed by atoms with Gasteiger partial charge < -0.3 is 9.41 Å². The number of hydrogen-bond donors (Lipinski definition) is 1. The molecular weight excluding hydrogens is 252 g/mol. The number of para-hydroxylation sites is 1. The number of hydrogen-bond acceptors (Lipinski definition) is 2. The number of rotatable bonds is 3. The van der Waals surface area contributed by atoms with Crippen LogP contribution in [-0.2, 0) is 4.43 Å². The van der Waals surface area contributed by atoms with Crippen molar-refractivity contribution >= 4 is 20.1 Å². The molecule has 3 nitrogen and oxygen atoms in total. The number of benzene rings is 1. The van der Waals surface area contributed by atoms with E-state index < -0.39 is 9.04 Å². The van der Waals surface area contributed by atoms with Crippen LogP contribution in [0.15, 0.2) is 18.2 Å². The van der Waals surface area contributed by atoms with Gasteiger partial charge in [-0.25, -0.2) is 4.98 Å². The predicted octanol–water partition coefficient (Wildman–Crippen LogP) is 3.96. The Bertz CT molecular complexity index is 569. The SMILES string of the molecule is Cc1cccc2nc(C(O[SiH](C)C)C(C)(C)C)[nH]c12. The topological polar surface area (TPSA) is 37.9 Å². The molecule has 0 bridgehead atoms. The molecule has 0 aliphatic rings. The maximum absolute atomic E-state index is 6.22. The van der Waals surface area contributed by atoms with Gasteiger partial charge in [-0.15, -0.1) is 0 Å². The van der Waals surface area contributed by atoms with Crippen molar-refractivity contribution in [2.75, 3.05) is 0 Å². The number of fused-ring (bicyclic) bond motifs is 1. The summed E-state index contributed by atoms with van der Waals surface area (Å²) in [6.45, 7) is 13.1. The Hall–Kier alpha value is -1.13. The van der Waals surface area contributed by atoms with Crippen LogP contribution in [0.4, 0.5) is 0 Å². The van der Waals surface area contributed by atoms with Gasteiger partial charge in [-0.05, 0) is 37.1 Å². The molecule has 19 heavy (non-hydrogen) atoms. The second-order valence-electron chi connectivity index (χ2n) is 6.52. The largest absolute Gasteiger partial charge is 0.410 e. The van der Waals surface area contributed by atoms with Gasteiger partial charge in [0.1, 0.15) is 11.9 Å². The summed E-state index contributed by atoms with van der Waals surface area (Å²) in [5, 5.41) is 0. The average Bonchev–Trinajstić information content (AvgIpc) is 2.69. The summed E-state index contributed by atoms with van der Waals surface area (Å²) >= 11 is 0. The monoisotopic (exact) mass is 276 g/mol. The lowest BCUT2D eigenvalue weighted by molar-refractivity contribution is 0.0796. The Balaban J connectivity index is 2.47. The van der Waals surface area contributed by atoms with Crippen LogP contribution in [0.2, 0.25) is 13.1 Å². The highest BCUT2D eigenvalue weighted by molar-refractivity contribution is 6.48. The quantitative estimate of drug-likeness (QED) is 0.862. The van der Waals surface area contributed by atoms with Crippen molar-refractivity contribution in [3.8, 4) is 0 Å². The first-order chi connectivity index (χ1) is 8.79. The van der Waals surface area contributed by atoms with E-state index in [1.165, 1.54) is 5.56 Å². The molecule has 1 heterocycles. The van der Waals surface area contributed by atoms with Gasteiger partial charge in [-0.2, -0.15) is 0 Å². The molecule has 1 aromatic heterocycles. The third kappa shape index (κ3) is 3.07. The summed E-state index contributed by atoms with van der Waals surface area (Å²) in [7, 11) is -1.11. The fourth-order valence-electron chi connectivity index (χ4n) is 2.27. The Labute approximate surface area is 117 Å². The molecule has 0 fully saturated rings. The number of nitrogens with zero attached hydrogens (tertiary/aromatic N) is 1. The van der Waals surface area contributed by atoms with Crippen LogP contribution in [0.25, 0.3) is 11.0 Å². The first-order valence-electron chi connectivity index (χ1n) is 6.89. The Morgan fingerprint density at radius 3 is 2.47 bits per heavy atom. The number of aromatic amines is 1. The molecule has 1 atom stereocenters. The zero-order valence-corrected chi connectivity index (χ0v) is 13.9. The van der Waals surface area contributed by atoms with Crippen LogP contribution in [0, 0.1) is 12.3 Å². The van der Waals surface area contributed by atoms with Crippen molar-refractivity contribution in [3.63, 3.8) is 0 Å². The van der Waals surface area contributed by atoms with E-state index in [1.807, 2.05) is 6.07 Å². The zero-order valence-electron chi connectivity index (χ0n) is 12.7. The minimum Gasteiger partial charge on any atom is -0.410 e. The van der Waals surface area contributed by atoms with Crippen LogP contribution in [0.3, 0.4) is 0 Å². The molecule has 1 aromatic carbocycles. The third-order valence-corrected chi connectivity index (χ3v) is 4.00. The van der Waals surface area contributed by atoms with Crippen LogP contribution in [-0.4, -0.2) is 19.0 Å². The van der Waals surface area contributed by atoms with Gasteiger partial charge in [-0.3, -0.25) is 0 Å². The molecule has 0 aliphatic heterocycles. The fourth-order valence-corrected chi connectivity index (χ4v) is 3.35. The summed E-state index contributed by atoms with van der Waals surface area (Å²) < 4.78 is 6.22. The molecule has 2 aromatic rings. The summed E-state index contributed by atoms with van der Waals surface area (Å²) in [5.74, 6) is 0.956. The zero-order chi connectivity index (χ0) is 14.2. The van der Waals surface area contributed by atoms with E-state index >= 15 is 0 Å². The van der Waals surface area contributed by atoms with Crippen LogP contribution in [0.5, 0.6) is 0 Å². The molecule has 0 aliphatic carbocycles. The first-order valence-corrected chi connectivity index (χ1v) is 9.68. The van der Waals surface area contributed by atoms with Crippen LogP contribution >= 0.6 is 0 Å². The average molecular weight is 276 g/mol. The molecule has 0 spiro atoms. The number of nitrogens with one attached hydrogen (secondary N) is 1. The standard InChI is InChI=1S/C15H24N2OSi/c1-10-8-7-9-11-12(10)17-14(16-11)13(15(2,3)4)18-19(5)6/h7-9,13,19H,1-6H3,(H,16,17). The Morgan fingerprint density at radius 1 is 1.26 bits per heavy atom. The van der Waals surface area contributed by atoms with Crippen molar-refractivity contribution in [1.29, 1.82) is 0 Å². The Kier molecular flexibility index (Phi) is 3.83. The number of aryl methyl sites for hydroxylation is 1. The minimum atomic E-state index is -1.11. The summed E-state index contributed by atoms with van der Waals surface area (Å²) in [6.07, 6.45) is 0.0333. The smallest absolute Gasteiger partial charge is 0.172 e. The van der Waals surface area contributed by atoms with E-state index in [9.17, 15) is 0 Å². The van der Waals surface area contributed by atoms with Gasteiger partial charge >= 0.3 is 0 Å². The highest BCUT2D eigenvalue weighted by Gasteiger charge is 2.30. The second-order valence-corrected chi connectivity index (χ2v) is 8.89. The van der Waals surface area contributed by atoms with Crippen LogP contribution < -0.4 is 0 Å². The third-order valence-electron chi connectivity index (χ3n) is 3.19. The number of imidazole rings is 1. The van der Waals surface area contributed by atoms with Crippen molar-refractivity contribution in [1.82, 2.24) is 9.97 Å². The van der Waals surface area contributed by atoms with Crippen molar-refractivity contribution in [2.45, 2.75) is 46.9 Å². The molecule has 0 radical (unpaired) electrons. The molecule has 0 amide bonds. The lowest BCUT2D eigenvalue weighted by atomic mass is 9.89. The fraction of sp³-hybridized carbons (Fsp3) is 0.533. The Morgan fingerprint density at radius 2 is 1.95 bits per heavy atom. The van der Waals surface area contributed by atoms with Gasteiger partial charge in [-0.1, -0.05) is 32.9 Å². The molecule has 4 heteroatoms. The number of aromatic nitrogens is 2. The molecule has 1 unspecified atom stereocenters. The summed E-state index contributed by atoms with van der Waals surface area (Å²) in [5.41, 5.74) is 3.42. The van der Waals surface area contributed by atoms with E-state index in [0.29, 0.717) is 0 Å². The van der Waals surface area contributed by atoms with Gasteiger partial charge in [0.2, 0.25) is 0 Å². The van der Waals surface area contributed by atoms with Gasteiger partial charge in [0, 0.05) is 0 Å². The number of H-pyrrole nitrogens is 1. The predicted molar refractivity (Wildman–Crippen MR) is 83.0 cm³/mol. The van der Waals surface area contributed by atoms with Crippen molar-refractivity contribution < 1.29 is 4.43 Å². The first kappa shape index (κ1) is 14.3. The molecule has 0 saturated carbocycles. The molecular formula is C15H24N2OSi. The van der Waals surface area contributed by atoms with Gasteiger partial charge in [0.05, 0.1) is 11.0 Å². The molecule has 104 valence electrons. The highest BCUT2D eigenvalue weighted by Crippen LogP contribution is 2.36. The maximum atomic E-state index is 6.22. The van der Waals surface area contributed by atoms with E-state index in [0.717, 1.165) is 16.9 Å². The van der Waals surface area contributed by atoms with Crippen LogP contribution in [0.1, 0.15) is 38.3 Å². The molecule has 0 saturated heterocycles. The van der Waals surface area contributed by atoms with E-state index in [2.05, 4.69) is 57.9 Å². The summed E-state index contributed by atoms with van der Waals surface area (Å²) in [6, 6.07) is 6.20.